The van der Waals surface area contributed by atoms with Crippen LogP contribution in [-0.4, -0.2) is 25.8 Å². The Bertz CT molecular complexity index is 437. The first-order valence-electron chi connectivity index (χ1n) is 8.14. The van der Waals surface area contributed by atoms with Crippen molar-refractivity contribution in [3.63, 3.8) is 0 Å². The summed E-state index contributed by atoms with van der Waals surface area (Å²) in [6, 6.07) is 6.56. The van der Waals surface area contributed by atoms with Crippen molar-refractivity contribution in [2.24, 2.45) is 11.7 Å². The van der Waals surface area contributed by atoms with Crippen molar-refractivity contribution in [3.05, 3.63) is 18.2 Å². The summed E-state index contributed by atoms with van der Waals surface area (Å²) in [7, 11) is 0. The van der Waals surface area contributed by atoms with Gasteiger partial charge in [-0.1, -0.05) is 12.8 Å². The van der Waals surface area contributed by atoms with Crippen LogP contribution >= 0.6 is 0 Å². The van der Waals surface area contributed by atoms with Crippen LogP contribution in [0.4, 0.5) is 5.69 Å². The van der Waals surface area contributed by atoms with Crippen molar-refractivity contribution in [2.45, 2.75) is 45.6 Å². The maximum absolute atomic E-state index is 5.90. The molecule has 0 spiro atoms. The van der Waals surface area contributed by atoms with Gasteiger partial charge in [0.2, 0.25) is 0 Å². The van der Waals surface area contributed by atoms with E-state index in [1.165, 1.54) is 25.7 Å². The highest BCUT2D eigenvalue weighted by Crippen LogP contribution is 2.33. The van der Waals surface area contributed by atoms with Gasteiger partial charge in [0.15, 0.2) is 11.5 Å². The Kier molecular flexibility index (Phi) is 6.18. The highest BCUT2D eigenvalue weighted by atomic mass is 16.5. The molecule has 1 aliphatic rings. The van der Waals surface area contributed by atoms with E-state index in [1.807, 2.05) is 26.0 Å². The lowest BCUT2D eigenvalue weighted by atomic mass is 9.84. The number of hydrogen-bond acceptors (Lipinski definition) is 4. The van der Waals surface area contributed by atoms with Crippen molar-refractivity contribution >= 4 is 5.69 Å². The van der Waals surface area contributed by atoms with E-state index in [4.69, 9.17) is 15.2 Å². The number of nitrogens with one attached hydrogen (secondary N) is 1. The molecule has 21 heavy (non-hydrogen) atoms. The van der Waals surface area contributed by atoms with Gasteiger partial charge < -0.3 is 20.5 Å². The summed E-state index contributed by atoms with van der Waals surface area (Å²) in [5.41, 5.74) is 6.99. The molecule has 0 bridgehead atoms. The lowest BCUT2D eigenvalue weighted by Gasteiger charge is -2.32. The largest absolute Gasteiger partial charge is 0.490 e. The van der Waals surface area contributed by atoms with Crippen molar-refractivity contribution < 1.29 is 9.47 Å². The predicted molar refractivity (Wildman–Crippen MR) is 87.2 cm³/mol. The maximum atomic E-state index is 5.90. The number of anilines is 1. The lowest BCUT2D eigenvalue weighted by molar-refractivity contribution is 0.287. The van der Waals surface area contributed by atoms with E-state index in [0.29, 0.717) is 25.2 Å². The second kappa shape index (κ2) is 8.13. The van der Waals surface area contributed by atoms with Crippen LogP contribution in [-0.2, 0) is 0 Å². The molecule has 3 N–H and O–H groups in total. The Balaban J connectivity index is 2.10. The van der Waals surface area contributed by atoms with Crippen molar-refractivity contribution in [1.82, 2.24) is 0 Å². The lowest BCUT2D eigenvalue weighted by Crippen LogP contribution is -2.36. The van der Waals surface area contributed by atoms with Crippen LogP contribution in [0.5, 0.6) is 11.5 Å². The van der Waals surface area contributed by atoms with Gasteiger partial charge in [-0.2, -0.15) is 0 Å². The van der Waals surface area contributed by atoms with E-state index >= 15 is 0 Å². The van der Waals surface area contributed by atoms with Crippen LogP contribution in [0.15, 0.2) is 18.2 Å². The fraction of sp³-hybridized carbons (Fsp3) is 0.647. The number of ether oxygens (including phenoxy) is 2. The topological polar surface area (TPSA) is 56.5 Å². The van der Waals surface area contributed by atoms with E-state index in [1.54, 1.807) is 0 Å². The Labute approximate surface area is 128 Å². The molecule has 4 heteroatoms. The smallest absolute Gasteiger partial charge is 0.163 e. The number of benzene rings is 1. The van der Waals surface area contributed by atoms with Gasteiger partial charge in [0.1, 0.15) is 0 Å². The normalized spacial score (nSPS) is 21.9. The van der Waals surface area contributed by atoms with Gasteiger partial charge >= 0.3 is 0 Å². The van der Waals surface area contributed by atoms with Gasteiger partial charge in [-0.25, -0.2) is 0 Å². The molecule has 1 fully saturated rings. The average Bonchev–Trinajstić information content (AvgIpc) is 2.51. The monoisotopic (exact) mass is 292 g/mol. The molecule has 0 aromatic heterocycles. The molecule has 4 nitrogen and oxygen atoms in total. The molecule has 2 unspecified atom stereocenters. The minimum Gasteiger partial charge on any atom is -0.490 e. The third kappa shape index (κ3) is 4.27. The van der Waals surface area contributed by atoms with E-state index in [9.17, 15) is 0 Å². The molecular weight excluding hydrogens is 264 g/mol. The van der Waals surface area contributed by atoms with Crippen LogP contribution in [0.25, 0.3) is 0 Å². The Morgan fingerprint density at radius 2 is 1.81 bits per heavy atom. The summed E-state index contributed by atoms with van der Waals surface area (Å²) in [6.07, 6.45) is 5.00. The molecule has 0 radical (unpaired) electrons. The maximum Gasteiger partial charge on any atom is 0.163 e. The number of rotatable bonds is 7. The standard InChI is InChI=1S/C17H28N2O2/c1-3-20-16-10-9-14(11-17(16)21-4-2)19-15-8-6-5-7-13(15)12-18/h9-11,13,15,19H,3-8,12,18H2,1-2H3. The molecular formula is C17H28N2O2. The Hall–Kier alpha value is -1.42. The molecule has 1 aliphatic carbocycles. The molecule has 1 aromatic carbocycles. The minimum atomic E-state index is 0.469. The Morgan fingerprint density at radius 3 is 2.52 bits per heavy atom. The van der Waals surface area contributed by atoms with Crippen molar-refractivity contribution in [1.29, 1.82) is 0 Å². The molecule has 1 aromatic rings. The van der Waals surface area contributed by atoms with Gasteiger partial charge in [0.25, 0.3) is 0 Å². The molecule has 0 aliphatic heterocycles. The second-order valence-corrected chi connectivity index (χ2v) is 5.56. The summed E-state index contributed by atoms with van der Waals surface area (Å²) < 4.78 is 11.3. The van der Waals surface area contributed by atoms with Crippen molar-refractivity contribution in [2.75, 3.05) is 25.1 Å². The van der Waals surface area contributed by atoms with Crippen molar-refractivity contribution in [3.8, 4) is 11.5 Å². The number of nitrogens with two attached hydrogens (primary N) is 1. The fourth-order valence-electron chi connectivity index (χ4n) is 3.03. The van der Waals surface area contributed by atoms with Crippen LogP contribution in [0.2, 0.25) is 0 Å². The molecule has 2 atom stereocenters. The highest BCUT2D eigenvalue weighted by Gasteiger charge is 2.23. The molecule has 1 saturated carbocycles. The number of hydrogen-bond donors (Lipinski definition) is 2. The Morgan fingerprint density at radius 1 is 1.10 bits per heavy atom. The minimum absolute atomic E-state index is 0.469. The highest BCUT2D eigenvalue weighted by molar-refractivity contribution is 5.55. The van der Waals surface area contributed by atoms with E-state index in [0.717, 1.165) is 23.7 Å². The van der Waals surface area contributed by atoms with Gasteiger partial charge in [-0.3, -0.25) is 0 Å². The zero-order valence-corrected chi connectivity index (χ0v) is 13.2. The zero-order chi connectivity index (χ0) is 15.1. The first-order valence-corrected chi connectivity index (χ1v) is 8.14. The third-order valence-corrected chi connectivity index (χ3v) is 4.11. The van der Waals surface area contributed by atoms with Crippen LogP contribution in [0.1, 0.15) is 39.5 Å². The van der Waals surface area contributed by atoms with Crippen LogP contribution < -0.4 is 20.5 Å². The van der Waals surface area contributed by atoms with E-state index in [2.05, 4.69) is 11.4 Å². The van der Waals surface area contributed by atoms with Gasteiger partial charge in [-0.15, -0.1) is 0 Å². The van der Waals surface area contributed by atoms with Crippen LogP contribution in [0.3, 0.4) is 0 Å². The second-order valence-electron chi connectivity index (χ2n) is 5.56. The van der Waals surface area contributed by atoms with Gasteiger partial charge in [0, 0.05) is 17.8 Å². The average molecular weight is 292 g/mol. The van der Waals surface area contributed by atoms with Gasteiger partial charge in [-0.05, 0) is 51.3 Å². The first kappa shape index (κ1) is 16.0. The summed E-state index contributed by atoms with van der Waals surface area (Å²) in [5.74, 6) is 2.19. The third-order valence-electron chi connectivity index (χ3n) is 4.11. The summed E-state index contributed by atoms with van der Waals surface area (Å²) in [4.78, 5) is 0. The molecule has 2 rings (SSSR count). The van der Waals surface area contributed by atoms with Gasteiger partial charge in [0.05, 0.1) is 13.2 Å². The molecule has 0 amide bonds. The molecule has 0 saturated heterocycles. The quantitative estimate of drug-likeness (QED) is 0.808. The first-order chi connectivity index (χ1) is 10.3. The van der Waals surface area contributed by atoms with E-state index in [-0.39, 0.29) is 0 Å². The summed E-state index contributed by atoms with van der Waals surface area (Å²) in [6.45, 7) is 6.01. The fourth-order valence-corrected chi connectivity index (χ4v) is 3.03. The predicted octanol–water partition coefficient (Wildman–Crippen LogP) is 3.41. The van der Waals surface area contributed by atoms with Crippen LogP contribution in [0, 0.1) is 5.92 Å². The SMILES string of the molecule is CCOc1ccc(NC2CCCCC2CN)cc1OCC. The molecule has 0 heterocycles. The summed E-state index contributed by atoms with van der Waals surface area (Å²) >= 11 is 0. The molecule has 118 valence electrons. The van der Waals surface area contributed by atoms with E-state index < -0.39 is 0 Å². The zero-order valence-electron chi connectivity index (χ0n) is 13.2. The summed E-state index contributed by atoms with van der Waals surface area (Å²) in [5, 5.41) is 3.63.